The van der Waals surface area contributed by atoms with Crippen molar-refractivity contribution in [1.29, 1.82) is 0 Å². The first-order chi connectivity index (χ1) is 16.0. The summed E-state index contributed by atoms with van der Waals surface area (Å²) in [5.74, 6) is -0.209. The molecule has 0 unspecified atom stereocenters. The molecule has 2 heterocycles. The minimum absolute atomic E-state index is 0.0291. The van der Waals surface area contributed by atoms with Gasteiger partial charge in [-0.25, -0.2) is 18.1 Å². The summed E-state index contributed by atoms with van der Waals surface area (Å²) in [4.78, 5) is 16.5. The average Bonchev–Trinajstić information content (AvgIpc) is 3.36. The smallest absolute Gasteiger partial charge is 0.236 e. The van der Waals surface area contributed by atoms with Crippen LogP contribution in [0.5, 0.6) is 0 Å². The fourth-order valence-electron chi connectivity index (χ4n) is 3.78. The van der Waals surface area contributed by atoms with Gasteiger partial charge in [0, 0.05) is 31.0 Å². The zero-order chi connectivity index (χ0) is 23.1. The standard InChI is InChI=1S/C24H27N5O3S/c30-24(26-16-21-6-8-22(9-7-21)17-28-19-25-18-27-28)23-10-13-29(14-11-23)33(31,32)15-12-20-4-2-1-3-5-20/h1-9,12,15,18-19,23H,10-11,13-14,16-17H2,(H,26,30)/b15-12+. The highest BCUT2D eigenvalue weighted by atomic mass is 32.2. The molecule has 9 heteroatoms. The molecule has 1 N–H and O–H groups in total. The van der Waals surface area contributed by atoms with Crippen molar-refractivity contribution < 1.29 is 13.2 Å². The minimum Gasteiger partial charge on any atom is -0.352 e. The second-order valence-corrected chi connectivity index (χ2v) is 9.88. The number of amides is 1. The van der Waals surface area contributed by atoms with Gasteiger partial charge in [0.05, 0.1) is 6.54 Å². The van der Waals surface area contributed by atoms with Gasteiger partial charge in [0.2, 0.25) is 15.9 Å². The molecule has 172 valence electrons. The minimum atomic E-state index is -3.50. The molecule has 2 aromatic carbocycles. The van der Waals surface area contributed by atoms with Gasteiger partial charge in [-0.05, 0) is 35.6 Å². The van der Waals surface area contributed by atoms with E-state index in [0.717, 1.165) is 16.7 Å². The highest BCUT2D eigenvalue weighted by molar-refractivity contribution is 7.92. The van der Waals surface area contributed by atoms with Crippen molar-refractivity contribution in [3.63, 3.8) is 0 Å². The summed E-state index contributed by atoms with van der Waals surface area (Å²) >= 11 is 0. The summed E-state index contributed by atoms with van der Waals surface area (Å²) in [5, 5.41) is 8.32. The topological polar surface area (TPSA) is 97.2 Å². The van der Waals surface area contributed by atoms with Crippen LogP contribution in [0.2, 0.25) is 0 Å². The summed E-state index contributed by atoms with van der Waals surface area (Å²) in [6.07, 6.45) is 5.81. The van der Waals surface area contributed by atoms with Crippen LogP contribution >= 0.6 is 0 Å². The first-order valence-electron chi connectivity index (χ1n) is 10.9. The Labute approximate surface area is 194 Å². The third-order valence-corrected chi connectivity index (χ3v) is 7.28. The van der Waals surface area contributed by atoms with Crippen molar-refractivity contribution >= 4 is 22.0 Å². The normalized spacial score (nSPS) is 15.6. The van der Waals surface area contributed by atoms with Crippen LogP contribution in [0.3, 0.4) is 0 Å². The van der Waals surface area contributed by atoms with Gasteiger partial charge < -0.3 is 5.32 Å². The molecule has 0 saturated carbocycles. The van der Waals surface area contributed by atoms with E-state index in [2.05, 4.69) is 15.4 Å². The van der Waals surface area contributed by atoms with Gasteiger partial charge in [-0.15, -0.1) is 0 Å². The van der Waals surface area contributed by atoms with Crippen molar-refractivity contribution in [2.24, 2.45) is 5.92 Å². The number of rotatable bonds is 8. The lowest BCUT2D eigenvalue weighted by Gasteiger charge is -2.29. The zero-order valence-corrected chi connectivity index (χ0v) is 19.1. The molecule has 1 fully saturated rings. The Bertz CT molecular complexity index is 1170. The quantitative estimate of drug-likeness (QED) is 0.552. The molecule has 0 spiro atoms. The lowest BCUT2D eigenvalue weighted by atomic mass is 9.97. The SMILES string of the molecule is O=C(NCc1ccc(Cn2cncn2)cc1)C1CCN(S(=O)(=O)/C=C/c2ccccc2)CC1. The van der Waals surface area contributed by atoms with Gasteiger partial charge in [0.15, 0.2) is 0 Å². The van der Waals surface area contributed by atoms with Crippen molar-refractivity contribution in [3.8, 4) is 0 Å². The Balaban J connectivity index is 1.23. The van der Waals surface area contributed by atoms with Crippen LogP contribution in [0.4, 0.5) is 0 Å². The van der Waals surface area contributed by atoms with Crippen molar-refractivity contribution in [3.05, 3.63) is 89.4 Å². The summed E-state index contributed by atoms with van der Waals surface area (Å²) < 4.78 is 28.4. The number of hydrogen-bond donors (Lipinski definition) is 1. The monoisotopic (exact) mass is 465 g/mol. The maximum absolute atomic E-state index is 12.6. The second-order valence-electron chi connectivity index (χ2n) is 8.06. The van der Waals surface area contributed by atoms with Crippen molar-refractivity contribution in [2.45, 2.75) is 25.9 Å². The number of nitrogens with zero attached hydrogens (tertiary/aromatic N) is 4. The van der Waals surface area contributed by atoms with Crippen LogP contribution < -0.4 is 5.32 Å². The third kappa shape index (κ3) is 6.36. The molecule has 4 rings (SSSR count). The number of aromatic nitrogens is 3. The second kappa shape index (κ2) is 10.5. The van der Waals surface area contributed by atoms with Crippen molar-refractivity contribution in [2.75, 3.05) is 13.1 Å². The van der Waals surface area contributed by atoms with Crippen molar-refractivity contribution in [1.82, 2.24) is 24.4 Å². The van der Waals surface area contributed by atoms with E-state index in [0.29, 0.717) is 39.0 Å². The number of hydrogen-bond acceptors (Lipinski definition) is 5. The molecule has 0 atom stereocenters. The van der Waals surface area contributed by atoms with Gasteiger partial charge in [0.1, 0.15) is 12.7 Å². The zero-order valence-electron chi connectivity index (χ0n) is 18.2. The van der Waals surface area contributed by atoms with Gasteiger partial charge in [-0.1, -0.05) is 54.6 Å². The Morgan fingerprint density at radius 3 is 2.39 bits per heavy atom. The first-order valence-corrected chi connectivity index (χ1v) is 12.4. The van der Waals surface area contributed by atoms with Gasteiger partial charge in [0.25, 0.3) is 0 Å². The Kier molecular flexibility index (Phi) is 7.31. The molecule has 1 saturated heterocycles. The maximum Gasteiger partial charge on any atom is 0.236 e. The summed E-state index contributed by atoms with van der Waals surface area (Å²) in [6, 6.07) is 17.3. The van der Waals surface area contributed by atoms with E-state index in [1.165, 1.54) is 16.0 Å². The molecular weight excluding hydrogens is 438 g/mol. The highest BCUT2D eigenvalue weighted by Gasteiger charge is 2.29. The van der Waals surface area contributed by atoms with Crippen LogP contribution in [0.1, 0.15) is 29.5 Å². The van der Waals surface area contributed by atoms with E-state index < -0.39 is 10.0 Å². The first kappa shape index (κ1) is 22.9. The van der Waals surface area contributed by atoms with E-state index in [9.17, 15) is 13.2 Å². The van der Waals surface area contributed by atoms with Crippen LogP contribution in [-0.2, 0) is 27.9 Å². The van der Waals surface area contributed by atoms with Crippen LogP contribution in [0, 0.1) is 5.92 Å². The Morgan fingerprint density at radius 1 is 1.03 bits per heavy atom. The van der Waals surface area contributed by atoms with Gasteiger partial charge in [-0.3, -0.25) is 4.79 Å². The molecule has 1 amide bonds. The molecule has 0 bridgehead atoms. The molecule has 33 heavy (non-hydrogen) atoms. The molecule has 1 aromatic heterocycles. The Hall–Kier alpha value is -3.30. The molecule has 1 aliphatic rings. The molecule has 0 aliphatic carbocycles. The van der Waals surface area contributed by atoms with E-state index >= 15 is 0 Å². The van der Waals surface area contributed by atoms with Gasteiger partial charge in [-0.2, -0.15) is 9.40 Å². The number of benzene rings is 2. The average molecular weight is 466 g/mol. The fourth-order valence-corrected chi connectivity index (χ4v) is 5.01. The molecule has 3 aromatic rings. The molecule has 1 aliphatic heterocycles. The van der Waals surface area contributed by atoms with E-state index in [1.54, 1.807) is 17.1 Å². The lowest BCUT2D eigenvalue weighted by Crippen LogP contribution is -2.42. The fraction of sp³-hybridized carbons (Fsp3) is 0.292. The third-order valence-electron chi connectivity index (χ3n) is 5.72. The number of piperidine rings is 1. The summed E-state index contributed by atoms with van der Waals surface area (Å²) in [7, 11) is -3.50. The van der Waals surface area contributed by atoms with E-state index in [4.69, 9.17) is 0 Å². The predicted molar refractivity (Wildman–Crippen MR) is 126 cm³/mol. The molecule has 0 radical (unpaired) electrons. The van der Waals surface area contributed by atoms with E-state index in [-0.39, 0.29) is 11.8 Å². The Morgan fingerprint density at radius 2 is 1.73 bits per heavy atom. The number of nitrogens with one attached hydrogen (secondary N) is 1. The highest BCUT2D eigenvalue weighted by Crippen LogP contribution is 2.21. The van der Waals surface area contributed by atoms with Gasteiger partial charge >= 0.3 is 0 Å². The van der Waals surface area contributed by atoms with Crippen LogP contribution in [-0.4, -0.2) is 46.5 Å². The number of sulfonamides is 1. The maximum atomic E-state index is 12.6. The number of carbonyl (C=O) groups is 1. The lowest BCUT2D eigenvalue weighted by molar-refractivity contribution is -0.126. The number of carbonyl (C=O) groups excluding carboxylic acids is 1. The molecule has 8 nitrogen and oxygen atoms in total. The van der Waals surface area contributed by atoms with Crippen LogP contribution in [0.25, 0.3) is 6.08 Å². The van der Waals surface area contributed by atoms with Crippen LogP contribution in [0.15, 0.2) is 72.7 Å². The molecular formula is C24H27N5O3S. The predicted octanol–water partition coefficient (Wildman–Crippen LogP) is 2.66. The summed E-state index contributed by atoms with van der Waals surface area (Å²) in [5.41, 5.74) is 2.95. The van der Waals surface area contributed by atoms with E-state index in [1.807, 2.05) is 54.6 Å². The summed E-state index contributed by atoms with van der Waals surface area (Å²) in [6.45, 7) is 1.78. The largest absolute Gasteiger partial charge is 0.352 e.